The summed E-state index contributed by atoms with van der Waals surface area (Å²) in [5.74, 6) is 0. The number of rotatable bonds is 4. The molecule has 0 atom stereocenters. The molecule has 2 aromatic carbocycles. The third-order valence-electron chi connectivity index (χ3n) is 2.68. The first-order chi connectivity index (χ1) is 9.10. The standard InChI is InChI=1S/C14H12BrNO2S/c1-2-10-3-6-12(7-4-10)19-14-8-5-11(15)9-13(14)16(17)18/h3-9H,2H2,1H3. The van der Waals surface area contributed by atoms with Crippen molar-refractivity contribution >= 4 is 33.4 Å². The van der Waals surface area contributed by atoms with Crippen LogP contribution in [0.1, 0.15) is 12.5 Å². The van der Waals surface area contributed by atoms with Gasteiger partial charge in [-0.25, -0.2) is 0 Å². The summed E-state index contributed by atoms with van der Waals surface area (Å²) in [4.78, 5) is 12.3. The molecular weight excluding hydrogens is 326 g/mol. The third-order valence-corrected chi connectivity index (χ3v) is 4.24. The van der Waals surface area contributed by atoms with Crippen molar-refractivity contribution in [2.45, 2.75) is 23.1 Å². The summed E-state index contributed by atoms with van der Waals surface area (Å²) in [6.07, 6.45) is 0.989. The number of benzene rings is 2. The molecule has 3 nitrogen and oxygen atoms in total. The molecule has 0 fully saturated rings. The fourth-order valence-electron chi connectivity index (χ4n) is 1.64. The average Bonchev–Trinajstić information content (AvgIpc) is 2.41. The smallest absolute Gasteiger partial charge is 0.258 e. The molecule has 0 saturated carbocycles. The maximum atomic E-state index is 11.0. The van der Waals surface area contributed by atoms with Crippen LogP contribution < -0.4 is 0 Å². The second-order valence-electron chi connectivity index (χ2n) is 3.97. The Kier molecular flexibility index (Phi) is 4.61. The molecule has 0 radical (unpaired) electrons. The number of hydrogen-bond donors (Lipinski definition) is 0. The first kappa shape index (κ1) is 14.1. The van der Waals surface area contributed by atoms with E-state index >= 15 is 0 Å². The monoisotopic (exact) mass is 337 g/mol. The average molecular weight is 338 g/mol. The van der Waals surface area contributed by atoms with Crippen LogP contribution in [0.15, 0.2) is 56.7 Å². The minimum Gasteiger partial charge on any atom is -0.258 e. The highest BCUT2D eigenvalue weighted by atomic mass is 79.9. The van der Waals surface area contributed by atoms with E-state index < -0.39 is 0 Å². The fourth-order valence-corrected chi connectivity index (χ4v) is 2.89. The van der Waals surface area contributed by atoms with E-state index in [0.717, 1.165) is 11.3 Å². The maximum Gasteiger partial charge on any atom is 0.284 e. The van der Waals surface area contributed by atoms with Crippen LogP contribution in [0.4, 0.5) is 5.69 Å². The number of hydrogen-bond acceptors (Lipinski definition) is 3. The van der Waals surface area contributed by atoms with Crippen LogP contribution >= 0.6 is 27.7 Å². The molecule has 19 heavy (non-hydrogen) atoms. The first-order valence-electron chi connectivity index (χ1n) is 5.81. The van der Waals surface area contributed by atoms with Crippen LogP contribution in [-0.4, -0.2) is 4.92 Å². The highest BCUT2D eigenvalue weighted by Gasteiger charge is 2.15. The normalized spacial score (nSPS) is 10.4. The molecule has 0 N–H and O–H groups in total. The summed E-state index contributed by atoms with van der Waals surface area (Å²) in [6, 6.07) is 13.2. The van der Waals surface area contributed by atoms with Gasteiger partial charge in [-0.3, -0.25) is 10.1 Å². The third kappa shape index (κ3) is 3.58. The van der Waals surface area contributed by atoms with Gasteiger partial charge < -0.3 is 0 Å². The first-order valence-corrected chi connectivity index (χ1v) is 7.42. The molecule has 0 aliphatic carbocycles. The molecule has 2 aromatic rings. The summed E-state index contributed by atoms with van der Waals surface area (Å²) in [7, 11) is 0. The Balaban J connectivity index is 2.29. The summed E-state index contributed by atoms with van der Waals surface area (Å²) in [5.41, 5.74) is 1.38. The molecule has 5 heteroatoms. The van der Waals surface area contributed by atoms with Gasteiger partial charge in [0.15, 0.2) is 0 Å². The Morgan fingerprint density at radius 1 is 1.21 bits per heavy atom. The van der Waals surface area contributed by atoms with Gasteiger partial charge in [0.25, 0.3) is 5.69 Å². The van der Waals surface area contributed by atoms with E-state index in [1.54, 1.807) is 6.07 Å². The fraction of sp³-hybridized carbons (Fsp3) is 0.143. The lowest BCUT2D eigenvalue weighted by atomic mass is 10.2. The molecule has 0 aliphatic heterocycles. The largest absolute Gasteiger partial charge is 0.284 e. The van der Waals surface area contributed by atoms with Gasteiger partial charge in [-0.15, -0.1) is 0 Å². The van der Waals surface area contributed by atoms with Crippen molar-refractivity contribution in [3.8, 4) is 0 Å². The van der Waals surface area contributed by atoms with Gasteiger partial charge in [-0.1, -0.05) is 46.7 Å². The van der Waals surface area contributed by atoms with Crippen LogP contribution in [0.25, 0.3) is 0 Å². The second kappa shape index (κ2) is 6.21. The van der Waals surface area contributed by atoms with Crippen molar-refractivity contribution < 1.29 is 4.92 Å². The molecule has 0 aliphatic rings. The van der Waals surface area contributed by atoms with Gasteiger partial charge in [0.2, 0.25) is 0 Å². The van der Waals surface area contributed by atoms with Gasteiger partial charge in [-0.05, 0) is 36.2 Å². The molecule has 0 amide bonds. The highest BCUT2D eigenvalue weighted by Crippen LogP contribution is 2.36. The SMILES string of the molecule is CCc1ccc(Sc2ccc(Br)cc2[N+](=O)[O-])cc1. The van der Waals surface area contributed by atoms with Crippen molar-refractivity contribution in [3.05, 3.63) is 62.6 Å². The minimum absolute atomic E-state index is 0.124. The molecule has 2 rings (SSSR count). The van der Waals surface area contributed by atoms with E-state index in [1.165, 1.54) is 23.4 Å². The topological polar surface area (TPSA) is 43.1 Å². The van der Waals surface area contributed by atoms with Crippen molar-refractivity contribution in [1.82, 2.24) is 0 Å². The zero-order valence-corrected chi connectivity index (χ0v) is 12.7. The number of aryl methyl sites for hydroxylation is 1. The lowest BCUT2D eigenvalue weighted by Gasteiger charge is -2.04. The maximum absolute atomic E-state index is 11.0. The van der Waals surface area contributed by atoms with Crippen LogP contribution in [0.3, 0.4) is 0 Å². The van der Waals surface area contributed by atoms with Crippen molar-refractivity contribution in [2.75, 3.05) is 0 Å². The van der Waals surface area contributed by atoms with Gasteiger partial charge in [0, 0.05) is 15.4 Å². The molecule has 0 unspecified atom stereocenters. The van der Waals surface area contributed by atoms with Gasteiger partial charge in [0.05, 0.1) is 9.82 Å². The Bertz CT molecular complexity index is 599. The van der Waals surface area contributed by atoms with Crippen LogP contribution in [-0.2, 0) is 6.42 Å². The van der Waals surface area contributed by atoms with E-state index in [1.807, 2.05) is 30.3 Å². The number of nitro groups is 1. The minimum atomic E-state index is -0.354. The lowest BCUT2D eigenvalue weighted by molar-refractivity contribution is -0.387. The summed E-state index contributed by atoms with van der Waals surface area (Å²) in [5, 5.41) is 11.0. The van der Waals surface area contributed by atoms with Crippen molar-refractivity contribution in [3.63, 3.8) is 0 Å². The highest BCUT2D eigenvalue weighted by molar-refractivity contribution is 9.10. The quantitative estimate of drug-likeness (QED) is 0.577. The Hall–Kier alpha value is -1.33. The molecule has 0 spiro atoms. The van der Waals surface area contributed by atoms with Gasteiger partial charge >= 0.3 is 0 Å². The zero-order chi connectivity index (χ0) is 13.8. The Morgan fingerprint density at radius 3 is 2.47 bits per heavy atom. The molecule has 98 valence electrons. The van der Waals surface area contributed by atoms with E-state index in [0.29, 0.717) is 9.37 Å². The molecular formula is C14H12BrNO2S. The summed E-state index contributed by atoms with van der Waals surface area (Å²) < 4.78 is 0.713. The second-order valence-corrected chi connectivity index (χ2v) is 6.00. The summed E-state index contributed by atoms with van der Waals surface area (Å²) in [6.45, 7) is 2.10. The molecule has 0 bridgehead atoms. The van der Waals surface area contributed by atoms with E-state index in [-0.39, 0.29) is 10.6 Å². The number of nitrogens with zero attached hydrogens (tertiary/aromatic N) is 1. The van der Waals surface area contributed by atoms with Crippen molar-refractivity contribution in [1.29, 1.82) is 0 Å². The lowest BCUT2D eigenvalue weighted by Crippen LogP contribution is -1.90. The summed E-state index contributed by atoms with van der Waals surface area (Å²) >= 11 is 4.66. The van der Waals surface area contributed by atoms with E-state index in [9.17, 15) is 10.1 Å². The Morgan fingerprint density at radius 2 is 1.89 bits per heavy atom. The molecule has 0 saturated heterocycles. The molecule has 0 aromatic heterocycles. The van der Waals surface area contributed by atoms with Gasteiger partial charge in [-0.2, -0.15) is 0 Å². The van der Waals surface area contributed by atoms with Crippen LogP contribution in [0.5, 0.6) is 0 Å². The van der Waals surface area contributed by atoms with Crippen LogP contribution in [0, 0.1) is 10.1 Å². The Labute approximate surface area is 124 Å². The van der Waals surface area contributed by atoms with Gasteiger partial charge in [0.1, 0.15) is 0 Å². The predicted molar refractivity (Wildman–Crippen MR) is 80.7 cm³/mol. The van der Waals surface area contributed by atoms with Crippen LogP contribution in [0.2, 0.25) is 0 Å². The molecule has 0 heterocycles. The van der Waals surface area contributed by atoms with E-state index in [4.69, 9.17) is 0 Å². The predicted octanol–water partition coefficient (Wildman–Crippen LogP) is 5.07. The number of nitro benzene ring substituents is 1. The van der Waals surface area contributed by atoms with Crippen molar-refractivity contribution in [2.24, 2.45) is 0 Å². The zero-order valence-electron chi connectivity index (χ0n) is 10.3. The number of halogens is 1. The van der Waals surface area contributed by atoms with E-state index in [2.05, 4.69) is 22.9 Å².